The van der Waals surface area contributed by atoms with Gasteiger partial charge in [-0.3, -0.25) is 0 Å². The van der Waals surface area contributed by atoms with Gasteiger partial charge in [0.15, 0.2) is 0 Å². The van der Waals surface area contributed by atoms with E-state index in [-0.39, 0.29) is 0 Å². The Kier molecular flexibility index (Phi) is 2.96. The van der Waals surface area contributed by atoms with Crippen LogP contribution in [0, 0.1) is 6.92 Å². The van der Waals surface area contributed by atoms with Gasteiger partial charge in [-0.1, -0.05) is 59.8 Å². The summed E-state index contributed by atoms with van der Waals surface area (Å²) in [7, 11) is 0. The molecule has 1 aliphatic heterocycles. The number of hydrogen-bond donors (Lipinski definition) is 0. The summed E-state index contributed by atoms with van der Waals surface area (Å²) < 4.78 is 0. The number of aliphatic imine (C=N–C) groups is 1. The minimum Gasteiger partial charge on any atom is -0.241 e. The van der Waals surface area contributed by atoms with Crippen molar-refractivity contribution in [1.29, 1.82) is 0 Å². The lowest BCUT2D eigenvalue weighted by Gasteiger charge is -2.21. The lowest BCUT2D eigenvalue weighted by molar-refractivity contribution is 1.09. The largest absolute Gasteiger partial charge is 0.241 e. The molecule has 2 heteroatoms. The molecule has 1 atom stereocenters. The molecule has 0 saturated carbocycles. The molecule has 90 valence electrons. The highest BCUT2D eigenvalue weighted by Crippen LogP contribution is 2.41. The van der Waals surface area contributed by atoms with Crippen LogP contribution in [0.15, 0.2) is 53.5 Å². The van der Waals surface area contributed by atoms with E-state index in [0.29, 0.717) is 5.25 Å². The minimum absolute atomic E-state index is 0.468. The Bertz CT molecular complexity index is 599. The topological polar surface area (TPSA) is 12.4 Å². The molecular formula is C16H15NS. The van der Waals surface area contributed by atoms with Crippen LogP contribution in [-0.2, 0) is 0 Å². The Hall–Kier alpha value is -1.54. The van der Waals surface area contributed by atoms with Crippen LogP contribution in [0.3, 0.4) is 0 Å². The quantitative estimate of drug-likeness (QED) is 0.705. The van der Waals surface area contributed by atoms with E-state index in [0.717, 1.165) is 10.7 Å². The predicted molar refractivity (Wildman–Crippen MR) is 79.8 cm³/mol. The van der Waals surface area contributed by atoms with E-state index in [1.54, 1.807) is 0 Å². The lowest BCUT2D eigenvalue weighted by Crippen LogP contribution is -2.04. The second-order valence-electron chi connectivity index (χ2n) is 4.60. The molecule has 0 N–H and O–H groups in total. The van der Waals surface area contributed by atoms with Gasteiger partial charge in [-0.25, -0.2) is 4.99 Å². The van der Waals surface area contributed by atoms with Crippen molar-refractivity contribution in [3.63, 3.8) is 0 Å². The number of rotatable bonds is 1. The van der Waals surface area contributed by atoms with E-state index in [9.17, 15) is 0 Å². The Morgan fingerprint density at radius 2 is 1.72 bits per heavy atom. The third-order valence-electron chi connectivity index (χ3n) is 3.18. The molecule has 1 nitrogen and oxygen atoms in total. The summed E-state index contributed by atoms with van der Waals surface area (Å²) in [5, 5.41) is 1.59. The fourth-order valence-electron chi connectivity index (χ4n) is 2.13. The van der Waals surface area contributed by atoms with Crippen LogP contribution in [0.25, 0.3) is 0 Å². The monoisotopic (exact) mass is 253 g/mol. The van der Waals surface area contributed by atoms with Crippen molar-refractivity contribution in [3.05, 3.63) is 65.2 Å². The molecule has 0 aromatic heterocycles. The molecule has 0 spiro atoms. The van der Waals surface area contributed by atoms with Crippen molar-refractivity contribution in [1.82, 2.24) is 0 Å². The van der Waals surface area contributed by atoms with Crippen LogP contribution in [0.1, 0.15) is 28.9 Å². The summed E-state index contributed by atoms with van der Waals surface area (Å²) in [6.45, 7) is 4.35. The maximum atomic E-state index is 4.78. The molecule has 2 aromatic carbocycles. The molecule has 2 aromatic rings. The molecule has 0 saturated heterocycles. The van der Waals surface area contributed by atoms with E-state index in [1.807, 2.05) is 11.8 Å². The van der Waals surface area contributed by atoms with Gasteiger partial charge >= 0.3 is 0 Å². The summed E-state index contributed by atoms with van der Waals surface area (Å²) in [6, 6.07) is 17.0. The number of para-hydroxylation sites is 1. The number of aryl methyl sites for hydroxylation is 1. The lowest BCUT2D eigenvalue weighted by atomic mass is 10.1. The van der Waals surface area contributed by atoms with Gasteiger partial charge < -0.3 is 0 Å². The molecule has 0 radical (unpaired) electrons. The zero-order chi connectivity index (χ0) is 12.5. The van der Waals surface area contributed by atoms with Gasteiger partial charge in [-0.15, -0.1) is 0 Å². The van der Waals surface area contributed by atoms with Crippen molar-refractivity contribution in [2.75, 3.05) is 0 Å². The average Bonchev–Trinajstić information content (AvgIpc) is 2.39. The van der Waals surface area contributed by atoms with E-state index in [1.165, 1.54) is 16.7 Å². The highest BCUT2D eigenvalue weighted by molar-refractivity contribution is 8.14. The maximum absolute atomic E-state index is 4.78. The molecule has 1 aliphatic rings. The molecule has 3 rings (SSSR count). The second kappa shape index (κ2) is 4.62. The Morgan fingerprint density at radius 1 is 1.00 bits per heavy atom. The minimum atomic E-state index is 0.468. The van der Waals surface area contributed by atoms with Gasteiger partial charge in [-0.05, 0) is 25.5 Å². The molecular weight excluding hydrogens is 238 g/mol. The molecule has 1 unspecified atom stereocenters. The SMILES string of the molecule is Cc1ccc(C2=Nc3ccccc3C(C)S2)cc1. The van der Waals surface area contributed by atoms with Gasteiger partial charge in [0.2, 0.25) is 0 Å². The standard InChI is InChI=1S/C16H15NS/c1-11-7-9-13(10-8-11)16-17-15-6-4-3-5-14(15)12(2)18-16/h3-10,12H,1-2H3. The van der Waals surface area contributed by atoms with Crippen molar-refractivity contribution in [2.45, 2.75) is 19.1 Å². The highest BCUT2D eigenvalue weighted by Gasteiger charge is 2.20. The Morgan fingerprint density at radius 3 is 2.50 bits per heavy atom. The second-order valence-corrected chi connectivity index (χ2v) is 5.93. The van der Waals surface area contributed by atoms with Crippen molar-refractivity contribution < 1.29 is 0 Å². The summed E-state index contributed by atoms with van der Waals surface area (Å²) in [5.74, 6) is 0. The smallest absolute Gasteiger partial charge is 0.105 e. The zero-order valence-electron chi connectivity index (χ0n) is 10.6. The molecule has 0 fully saturated rings. The van der Waals surface area contributed by atoms with Gasteiger partial charge in [0.1, 0.15) is 5.04 Å². The number of benzene rings is 2. The number of nitrogens with zero attached hydrogens (tertiary/aromatic N) is 1. The summed E-state index contributed by atoms with van der Waals surface area (Å²) in [6.07, 6.45) is 0. The van der Waals surface area contributed by atoms with Gasteiger partial charge in [0.25, 0.3) is 0 Å². The third-order valence-corrected chi connectivity index (χ3v) is 4.34. The van der Waals surface area contributed by atoms with Crippen LogP contribution in [0.2, 0.25) is 0 Å². The van der Waals surface area contributed by atoms with E-state index in [2.05, 4.69) is 62.4 Å². The average molecular weight is 253 g/mol. The first-order valence-electron chi connectivity index (χ1n) is 6.15. The van der Waals surface area contributed by atoms with Crippen molar-refractivity contribution in [2.24, 2.45) is 4.99 Å². The third kappa shape index (κ3) is 2.08. The van der Waals surface area contributed by atoms with E-state index >= 15 is 0 Å². The molecule has 1 heterocycles. The molecule has 0 aliphatic carbocycles. The van der Waals surface area contributed by atoms with E-state index < -0.39 is 0 Å². The Balaban J connectivity index is 2.05. The fourth-order valence-corrected chi connectivity index (χ4v) is 3.21. The summed E-state index contributed by atoms with van der Waals surface area (Å²) >= 11 is 1.84. The predicted octanol–water partition coefficient (Wildman–Crippen LogP) is 4.88. The van der Waals surface area contributed by atoms with Crippen LogP contribution in [-0.4, -0.2) is 5.04 Å². The first-order chi connectivity index (χ1) is 8.74. The normalized spacial score (nSPS) is 18.1. The van der Waals surface area contributed by atoms with Crippen LogP contribution in [0.4, 0.5) is 5.69 Å². The van der Waals surface area contributed by atoms with Crippen LogP contribution < -0.4 is 0 Å². The van der Waals surface area contributed by atoms with Crippen LogP contribution >= 0.6 is 11.8 Å². The van der Waals surface area contributed by atoms with Gasteiger partial charge in [0.05, 0.1) is 5.69 Å². The van der Waals surface area contributed by atoms with Gasteiger partial charge in [0, 0.05) is 10.8 Å². The fraction of sp³-hybridized carbons (Fsp3) is 0.188. The molecule has 0 amide bonds. The molecule has 18 heavy (non-hydrogen) atoms. The highest BCUT2D eigenvalue weighted by atomic mass is 32.2. The summed E-state index contributed by atoms with van der Waals surface area (Å²) in [5.41, 5.74) is 4.94. The van der Waals surface area contributed by atoms with Gasteiger partial charge in [-0.2, -0.15) is 0 Å². The summed E-state index contributed by atoms with van der Waals surface area (Å²) in [4.78, 5) is 4.78. The van der Waals surface area contributed by atoms with E-state index in [4.69, 9.17) is 4.99 Å². The zero-order valence-corrected chi connectivity index (χ0v) is 11.4. The van der Waals surface area contributed by atoms with Crippen molar-refractivity contribution >= 4 is 22.5 Å². The number of thioether (sulfide) groups is 1. The number of hydrogen-bond acceptors (Lipinski definition) is 2. The Labute approximate surface area is 112 Å². The first-order valence-corrected chi connectivity index (χ1v) is 7.03. The molecule has 0 bridgehead atoms. The van der Waals surface area contributed by atoms with Crippen LogP contribution in [0.5, 0.6) is 0 Å². The number of fused-ring (bicyclic) bond motifs is 1. The van der Waals surface area contributed by atoms with Crippen molar-refractivity contribution in [3.8, 4) is 0 Å². The maximum Gasteiger partial charge on any atom is 0.105 e. The first kappa shape index (κ1) is 11.5.